The van der Waals surface area contributed by atoms with E-state index in [0.29, 0.717) is 11.4 Å². The average Bonchev–Trinajstić information content (AvgIpc) is 3.80. The van der Waals surface area contributed by atoms with Crippen LogP contribution in [0.25, 0.3) is 83.5 Å². The Labute approximate surface area is 323 Å². The molecule has 3 heterocycles. The molecule has 12 rings (SSSR count). The molecule has 2 atom stereocenters. The standard InChI is InChI=1S/C52H33N3O/c1-2-13-34(14-3-1)52-53-48(51-49(54-52)45-30-39(24-26-47(45)56-51)38-22-21-32-11-4-5-15-35(32)27-38)40-18-10-19-41(28-40)55-46-31-37-17-7-6-16-36(37)29-44(46)43-25-23-33-12-8-9-20-42(33)50(43)55/h1-31,43,50H. The molecule has 0 bridgehead atoms. The van der Waals surface area contributed by atoms with Gasteiger partial charge in [0.15, 0.2) is 11.4 Å². The van der Waals surface area contributed by atoms with Crippen LogP contribution in [0.4, 0.5) is 11.4 Å². The number of fused-ring (bicyclic) bond motifs is 10. The molecule has 10 aromatic rings. The van der Waals surface area contributed by atoms with Gasteiger partial charge in [-0.3, -0.25) is 0 Å². The summed E-state index contributed by atoms with van der Waals surface area (Å²) in [7, 11) is 0. The van der Waals surface area contributed by atoms with E-state index in [4.69, 9.17) is 14.4 Å². The minimum absolute atomic E-state index is 0.114. The second-order valence-corrected chi connectivity index (χ2v) is 15.0. The van der Waals surface area contributed by atoms with Crippen molar-refractivity contribution in [2.75, 3.05) is 4.90 Å². The summed E-state index contributed by atoms with van der Waals surface area (Å²) in [5.41, 5.74) is 13.6. The van der Waals surface area contributed by atoms with Crippen molar-refractivity contribution in [3.8, 4) is 33.8 Å². The Hall–Kier alpha value is -7.30. The second-order valence-electron chi connectivity index (χ2n) is 15.0. The number of aromatic nitrogens is 2. The summed E-state index contributed by atoms with van der Waals surface area (Å²) in [5.74, 6) is 0.887. The first-order valence-electron chi connectivity index (χ1n) is 19.2. The third-order valence-electron chi connectivity index (χ3n) is 11.8. The Kier molecular flexibility index (Phi) is 6.72. The SMILES string of the molecule is C1=CC2c3cc4ccccc4cc3N(c3cccc(-c4nc(-c5ccccc5)nc5c4oc4ccc(-c6ccc7ccccc7c6)cc45)c3)C2c2ccccc21. The van der Waals surface area contributed by atoms with Crippen LogP contribution in [-0.4, -0.2) is 9.97 Å². The van der Waals surface area contributed by atoms with Gasteiger partial charge < -0.3 is 9.32 Å². The molecule has 8 aromatic carbocycles. The van der Waals surface area contributed by atoms with Crippen molar-refractivity contribution in [3.05, 3.63) is 199 Å². The highest BCUT2D eigenvalue weighted by atomic mass is 16.3. The molecule has 0 amide bonds. The van der Waals surface area contributed by atoms with E-state index < -0.39 is 0 Å². The van der Waals surface area contributed by atoms with Gasteiger partial charge in [0, 0.05) is 33.8 Å². The van der Waals surface area contributed by atoms with Crippen molar-refractivity contribution in [2.45, 2.75) is 12.0 Å². The lowest BCUT2D eigenvalue weighted by molar-refractivity contribution is 0.666. The molecule has 2 unspecified atom stereocenters. The summed E-state index contributed by atoms with van der Waals surface area (Å²) in [6.45, 7) is 0. The first kappa shape index (κ1) is 31.1. The van der Waals surface area contributed by atoms with Crippen molar-refractivity contribution >= 4 is 61.1 Å². The van der Waals surface area contributed by atoms with E-state index in [0.717, 1.165) is 50.1 Å². The fourth-order valence-corrected chi connectivity index (χ4v) is 9.09. The highest BCUT2D eigenvalue weighted by Crippen LogP contribution is 2.56. The third kappa shape index (κ3) is 4.79. The highest BCUT2D eigenvalue weighted by molar-refractivity contribution is 6.08. The van der Waals surface area contributed by atoms with Crippen LogP contribution >= 0.6 is 0 Å². The summed E-state index contributed by atoms with van der Waals surface area (Å²) in [5, 5.41) is 5.91. The topological polar surface area (TPSA) is 42.2 Å². The molecule has 262 valence electrons. The van der Waals surface area contributed by atoms with Crippen LogP contribution in [0.15, 0.2) is 186 Å². The molecule has 0 N–H and O–H groups in total. The normalized spacial score (nSPS) is 15.8. The minimum atomic E-state index is 0.114. The lowest BCUT2D eigenvalue weighted by Gasteiger charge is -2.33. The number of furan rings is 1. The number of hydrogen-bond acceptors (Lipinski definition) is 4. The van der Waals surface area contributed by atoms with E-state index in [2.05, 4.69) is 175 Å². The minimum Gasteiger partial charge on any atom is -0.452 e. The predicted molar refractivity (Wildman–Crippen MR) is 230 cm³/mol. The number of rotatable bonds is 4. The van der Waals surface area contributed by atoms with Gasteiger partial charge in [-0.05, 0) is 91.8 Å². The number of hydrogen-bond donors (Lipinski definition) is 0. The summed E-state index contributed by atoms with van der Waals surface area (Å²) < 4.78 is 6.74. The van der Waals surface area contributed by atoms with Gasteiger partial charge in [0.1, 0.15) is 16.8 Å². The zero-order valence-electron chi connectivity index (χ0n) is 30.3. The molecule has 4 heteroatoms. The molecule has 4 nitrogen and oxygen atoms in total. The maximum Gasteiger partial charge on any atom is 0.180 e. The monoisotopic (exact) mass is 715 g/mol. The number of anilines is 2. The average molecular weight is 716 g/mol. The van der Waals surface area contributed by atoms with Gasteiger partial charge in [-0.15, -0.1) is 0 Å². The molecule has 0 saturated carbocycles. The highest BCUT2D eigenvalue weighted by Gasteiger charge is 2.41. The van der Waals surface area contributed by atoms with E-state index in [1.54, 1.807) is 0 Å². The van der Waals surface area contributed by atoms with Crippen LogP contribution in [-0.2, 0) is 0 Å². The number of benzene rings is 8. The molecule has 1 aliphatic carbocycles. The fourth-order valence-electron chi connectivity index (χ4n) is 9.09. The van der Waals surface area contributed by atoms with Gasteiger partial charge >= 0.3 is 0 Å². The van der Waals surface area contributed by atoms with Gasteiger partial charge in [-0.25, -0.2) is 9.97 Å². The molecule has 56 heavy (non-hydrogen) atoms. The molecule has 0 fully saturated rings. The molecular formula is C52H33N3O. The lowest BCUT2D eigenvalue weighted by atomic mass is 9.82. The van der Waals surface area contributed by atoms with Crippen LogP contribution < -0.4 is 4.90 Å². The maximum absolute atomic E-state index is 6.74. The Morgan fingerprint density at radius 2 is 1.21 bits per heavy atom. The molecular weight excluding hydrogens is 683 g/mol. The van der Waals surface area contributed by atoms with Crippen molar-refractivity contribution < 1.29 is 4.42 Å². The Balaban J connectivity index is 1.06. The van der Waals surface area contributed by atoms with E-state index in [-0.39, 0.29) is 12.0 Å². The zero-order valence-corrected chi connectivity index (χ0v) is 30.3. The summed E-state index contributed by atoms with van der Waals surface area (Å²) in [6.07, 6.45) is 4.69. The summed E-state index contributed by atoms with van der Waals surface area (Å²) in [6, 6.07) is 63.0. The first-order valence-corrected chi connectivity index (χ1v) is 19.2. The summed E-state index contributed by atoms with van der Waals surface area (Å²) >= 11 is 0. The summed E-state index contributed by atoms with van der Waals surface area (Å²) in [4.78, 5) is 13.1. The van der Waals surface area contributed by atoms with Crippen LogP contribution in [0.1, 0.15) is 28.7 Å². The third-order valence-corrected chi connectivity index (χ3v) is 11.8. The van der Waals surface area contributed by atoms with Gasteiger partial charge in [0.2, 0.25) is 0 Å². The quantitative estimate of drug-likeness (QED) is 0.182. The smallest absolute Gasteiger partial charge is 0.180 e. The van der Waals surface area contributed by atoms with Crippen molar-refractivity contribution in [1.82, 2.24) is 9.97 Å². The van der Waals surface area contributed by atoms with E-state index >= 15 is 0 Å². The Morgan fingerprint density at radius 1 is 0.500 bits per heavy atom. The van der Waals surface area contributed by atoms with Gasteiger partial charge in [0.05, 0.1) is 6.04 Å². The molecule has 1 aliphatic heterocycles. The number of nitrogens with zero attached hydrogens (tertiary/aromatic N) is 3. The Morgan fingerprint density at radius 3 is 2.09 bits per heavy atom. The molecule has 2 aliphatic rings. The van der Waals surface area contributed by atoms with Crippen LogP contribution in [0.2, 0.25) is 0 Å². The Bertz CT molecular complexity index is 3230. The van der Waals surface area contributed by atoms with Crippen molar-refractivity contribution in [3.63, 3.8) is 0 Å². The fraction of sp³-hybridized carbons (Fsp3) is 0.0385. The van der Waals surface area contributed by atoms with Gasteiger partial charge in [0.25, 0.3) is 0 Å². The molecule has 2 aromatic heterocycles. The van der Waals surface area contributed by atoms with E-state index in [1.807, 2.05) is 18.2 Å². The molecule has 0 saturated heterocycles. The van der Waals surface area contributed by atoms with Crippen LogP contribution in [0, 0.1) is 0 Å². The van der Waals surface area contributed by atoms with Crippen molar-refractivity contribution in [1.29, 1.82) is 0 Å². The molecule has 0 radical (unpaired) electrons. The van der Waals surface area contributed by atoms with Crippen LogP contribution in [0.5, 0.6) is 0 Å². The lowest BCUT2D eigenvalue weighted by Crippen LogP contribution is -2.24. The van der Waals surface area contributed by atoms with Crippen LogP contribution in [0.3, 0.4) is 0 Å². The molecule has 0 spiro atoms. The largest absolute Gasteiger partial charge is 0.452 e. The predicted octanol–water partition coefficient (Wildman–Crippen LogP) is 13.7. The van der Waals surface area contributed by atoms with Gasteiger partial charge in [-0.2, -0.15) is 0 Å². The first-order chi connectivity index (χ1) is 27.7. The van der Waals surface area contributed by atoms with E-state index in [9.17, 15) is 0 Å². The zero-order chi connectivity index (χ0) is 36.7. The maximum atomic E-state index is 6.74. The van der Waals surface area contributed by atoms with Crippen molar-refractivity contribution in [2.24, 2.45) is 0 Å². The van der Waals surface area contributed by atoms with Gasteiger partial charge in [-0.1, -0.05) is 146 Å². The van der Waals surface area contributed by atoms with E-state index in [1.165, 1.54) is 43.9 Å². The second kappa shape index (κ2) is 12.1.